The van der Waals surface area contributed by atoms with Gasteiger partial charge in [-0.3, -0.25) is 9.59 Å². The van der Waals surface area contributed by atoms with E-state index < -0.39 is 0 Å². The number of hydrogen-bond donors (Lipinski definition) is 1. The van der Waals surface area contributed by atoms with Crippen LogP contribution in [0.2, 0.25) is 0 Å². The van der Waals surface area contributed by atoms with Gasteiger partial charge < -0.3 is 14.6 Å². The average Bonchev–Trinajstić information content (AvgIpc) is 2.68. The number of carbonyl (C=O) groups excluding carboxylic acids is 1. The van der Waals surface area contributed by atoms with Gasteiger partial charge in [0.05, 0.1) is 7.11 Å². The summed E-state index contributed by atoms with van der Waals surface area (Å²) in [6, 6.07) is 10.9. The third-order valence-electron chi connectivity index (χ3n) is 4.75. The Morgan fingerprint density at radius 2 is 2.04 bits per heavy atom. The van der Waals surface area contributed by atoms with E-state index in [4.69, 9.17) is 4.74 Å². The third-order valence-corrected chi connectivity index (χ3v) is 5.55. The zero-order valence-corrected chi connectivity index (χ0v) is 16.0. The Morgan fingerprint density at radius 1 is 1.27 bits per heavy atom. The van der Waals surface area contributed by atoms with Crippen LogP contribution in [-0.2, 0) is 0 Å². The maximum absolute atomic E-state index is 12.8. The van der Waals surface area contributed by atoms with Gasteiger partial charge >= 0.3 is 0 Å². The number of pyridine rings is 1. The lowest BCUT2D eigenvalue weighted by Gasteiger charge is -2.32. The second kappa shape index (κ2) is 8.45. The van der Waals surface area contributed by atoms with Crippen molar-refractivity contribution in [2.24, 2.45) is 5.92 Å². The van der Waals surface area contributed by atoms with Crippen LogP contribution >= 0.6 is 11.8 Å². The first-order valence-electron chi connectivity index (χ1n) is 8.78. The van der Waals surface area contributed by atoms with Crippen molar-refractivity contribution in [3.8, 4) is 17.0 Å². The number of amides is 1. The smallest absolute Gasteiger partial charge is 0.261 e. The molecular formula is C20H24N2O3S. The molecule has 0 bridgehead atoms. The topological polar surface area (TPSA) is 62.4 Å². The molecule has 2 aromatic rings. The van der Waals surface area contributed by atoms with Crippen molar-refractivity contribution in [1.29, 1.82) is 0 Å². The van der Waals surface area contributed by atoms with Crippen molar-refractivity contribution in [2.45, 2.75) is 12.8 Å². The van der Waals surface area contributed by atoms with E-state index in [0.717, 1.165) is 43.0 Å². The number of H-pyrrole nitrogens is 1. The van der Waals surface area contributed by atoms with Crippen molar-refractivity contribution < 1.29 is 9.53 Å². The maximum atomic E-state index is 12.8. The SMILES string of the molecule is COc1ccc(-c2ccc(C(=O)N3CCC[C@@H](CSC)C3)c(=O)[nH]2)cc1. The van der Waals surface area contributed by atoms with E-state index in [2.05, 4.69) is 11.2 Å². The van der Waals surface area contributed by atoms with Gasteiger partial charge in [0, 0.05) is 18.8 Å². The second-order valence-electron chi connectivity index (χ2n) is 6.56. The first-order valence-corrected chi connectivity index (χ1v) is 10.2. The summed E-state index contributed by atoms with van der Waals surface area (Å²) in [4.78, 5) is 29.9. The van der Waals surface area contributed by atoms with E-state index in [1.165, 1.54) is 0 Å². The first-order chi connectivity index (χ1) is 12.6. The molecule has 0 aliphatic carbocycles. The first kappa shape index (κ1) is 18.6. The van der Waals surface area contributed by atoms with Crippen LogP contribution in [0, 0.1) is 5.92 Å². The van der Waals surface area contributed by atoms with E-state index in [1.807, 2.05) is 40.9 Å². The molecule has 1 aliphatic rings. The molecule has 0 radical (unpaired) electrons. The quantitative estimate of drug-likeness (QED) is 0.875. The molecule has 1 aromatic carbocycles. The fourth-order valence-electron chi connectivity index (χ4n) is 3.37. The highest BCUT2D eigenvalue weighted by Gasteiger charge is 2.25. The molecule has 5 nitrogen and oxygen atoms in total. The van der Waals surface area contributed by atoms with Crippen molar-refractivity contribution in [3.63, 3.8) is 0 Å². The molecule has 1 aliphatic heterocycles. The molecule has 1 fully saturated rings. The summed E-state index contributed by atoms with van der Waals surface area (Å²) in [5.74, 6) is 2.16. The van der Waals surface area contributed by atoms with Crippen molar-refractivity contribution >= 4 is 17.7 Å². The monoisotopic (exact) mass is 372 g/mol. The van der Waals surface area contributed by atoms with Gasteiger partial charge in [0.1, 0.15) is 11.3 Å². The molecule has 2 heterocycles. The van der Waals surface area contributed by atoms with Crippen LogP contribution in [0.1, 0.15) is 23.2 Å². The summed E-state index contributed by atoms with van der Waals surface area (Å²) < 4.78 is 5.15. The van der Waals surface area contributed by atoms with Gasteiger partial charge in [-0.1, -0.05) is 0 Å². The van der Waals surface area contributed by atoms with Gasteiger partial charge in [-0.05, 0) is 72.7 Å². The Balaban J connectivity index is 1.78. The Kier molecular flexibility index (Phi) is 6.04. The molecule has 1 atom stereocenters. The number of ether oxygens (including phenoxy) is 1. The molecule has 6 heteroatoms. The highest BCUT2D eigenvalue weighted by Crippen LogP contribution is 2.22. The minimum Gasteiger partial charge on any atom is -0.497 e. The Bertz CT molecular complexity index is 815. The number of likely N-dealkylation sites (tertiary alicyclic amines) is 1. The molecule has 1 aromatic heterocycles. The molecule has 0 spiro atoms. The predicted molar refractivity (Wildman–Crippen MR) is 106 cm³/mol. The zero-order chi connectivity index (χ0) is 18.5. The van der Waals surface area contributed by atoms with Crippen LogP contribution in [0.5, 0.6) is 5.75 Å². The van der Waals surface area contributed by atoms with Gasteiger partial charge in [-0.25, -0.2) is 0 Å². The number of thioether (sulfide) groups is 1. The molecule has 0 saturated carbocycles. The summed E-state index contributed by atoms with van der Waals surface area (Å²) in [5.41, 5.74) is 1.44. The molecule has 1 amide bonds. The predicted octanol–water partition coefficient (Wildman–Crippen LogP) is 3.27. The number of methoxy groups -OCH3 is 1. The van der Waals surface area contributed by atoms with E-state index in [9.17, 15) is 9.59 Å². The van der Waals surface area contributed by atoms with Gasteiger partial charge in [0.2, 0.25) is 0 Å². The number of aromatic nitrogens is 1. The van der Waals surface area contributed by atoms with Crippen LogP contribution in [0.15, 0.2) is 41.2 Å². The third kappa shape index (κ3) is 4.12. The van der Waals surface area contributed by atoms with Gasteiger partial charge in [0.25, 0.3) is 11.5 Å². The lowest BCUT2D eigenvalue weighted by atomic mass is 9.99. The number of piperidine rings is 1. The number of carbonyl (C=O) groups is 1. The summed E-state index contributed by atoms with van der Waals surface area (Å²) >= 11 is 1.81. The lowest BCUT2D eigenvalue weighted by Crippen LogP contribution is -2.42. The Morgan fingerprint density at radius 3 is 2.69 bits per heavy atom. The molecule has 138 valence electrons. The summed E-state index contributed by atoms with van der Waals surface area (Å²) in [7, 11) is 1.61. The van der Waals surface area contributed by atoms with Crippen molar-refractivity contribution in [2.75, 3.05) is 32.2 Å². The lowest BCUT2D eigenvalue weighted by molar-refractivity contribution is 0.0683. The number of benzene rings is 1. The number of aromatic amines is 1. The molecule has 1 N–H and O–H groups in total. The molecular weight excluding hydrogens is 348 g/mol. The fourth-order valence-corrected chi connectivity index (χ4v) is 4.12. The highest BCUT2D eigenvalue weighted by molar-refractivity contribution is 7.98. The minimum absolute atomic E-state index is 0.168. The maximum Gasteiger partial charge on any atom is 0.261 e. The van der Waals surface area contributed by atoms with Crippen LogP contribution in [0.4, 0.5) is 0 Å². The van der Waals surface area contributed by atoms with Gasteiger partial charge in [-0.2, -0.15) is 11.8 Å². The number of rotatable bonds is 5. The Labute approximate surface area is 157 Å². The highest BCUT2D eigenvalue weighted by atomic mass is 32.2. The molecule has 1 saturated heterocycles. The van der Waals surface area contributed by atoms with E-state index >= 15 is 0 Å². The zero-order valence-electron chi connectivity index (χ0n) is 15.2. The summed E-state index contributed by atoms with van der Waals surface area (Å²) in [5, 5.41) is 0. The van der Waals surface area contributed by atoms with Crippen LogP contribution in [-0.4, -0.2) is 48.0 Å². The van der Waals surface area contributed by atoms with E-state index in [-0.39, 0.29) is 17.0 Å². The van der Waals surface area contributed by atoms with Crippen LogP contribution < -0.4 is 10.3 Å². The molecule has 0 unspecified atom stereocenters. The molecule has 3 rings (SSSR count). The van der Waals surface area contributed by atoms with Crippen LogP contribution in [0.3, 0.4) is 0 Å². The minimum atomic E-state index is -0.338. The van der Waals surface area contributed by atoms with Crippen LogP contribution in [0.25, 0.3) is 11.3 Å². The van der Waals surface area contributed by atoms with Crippen molar-refractivity contribution in [3.05, 3.63) is 52.3 Å². The Hall–Kier alpha value is -2.21. The average molecular weight is 372 g/mol. The number of hydrogen-bond acceptors (Lipinski definition) is 4. The largest absolute Gasteiger partial charge is 0.497 e. The number of nitrogens with zero attached hydrogens (tertiary/aromatic N) is 1. The van der Waals surface area contributed by atoms with E-state index in [0.29, 0.717) is 11.6 Å². The number of nitrogens with one attached hydrogen (secondary N) is 1. The second-order valence-corrected chi connectivity index (χ2v) is 7.47. The van der Waals surface area contributed by atoms with Crippen molar-refractivity contribution in [1.82, 2.24) is 9.88 Å². The molecule has 26 heavy (non-hydrogen) atoms. The fraction of sp³-hybridized carbons (Fsp3) is 0.400. The van der Waals surface area contributed by atoms with E-state index in [1.54, 1.807) is 19.2 Å². The standard InChI is InChI=1S/C20H24N2O3S/c1-25-16-7-5-15(6-8-16)18-10-9-17(19(23)21-18)20(24)22-11-3-4-14(12-22)13-26-2/h5-10,14H,3-4,11-13H2,1-2H3,(H,21,23)/t14-/m1/s1. The normalized spacial score (nSPS) is 17.2. The van der Waals surface area contributed by atoms with Gasteiger partial charge in [-0.15, -0.1) is 0 Å². The van der Waals surface area contributed by atoms with Gasteiger partial charge in [0.15, 0.2) is 0 Å². The summed E-state index contributed by atoms with van der Waals surface area (Å²) in [6.45, 7) is 1.46. The summed E-state index contributed by atoms with van der Waals surface area (Å²) in [6.07, 6.45) is 4.24.